The molecule has 6 nitrogen and oxygen atoms in total. The highest BCUT2D eigenvalue weighted by atomic mass is 79.9. The largest absolute Gasteiger partial charge is 0.444 e. The first-order chi connectivity index (χ1) is 11.5. The van der Waals surface area contributed by atoms with Gasteiger partial charge < -0.3 is 20.0 Å². The summed E-state index contributed by atoms with van der Waals surface area (Å²) in [6.07, 6.45) is 0. The van der Waals surface area contributed by atoms with Crippen molar-refractivity contribution < 1.29 is 14.0 Å². The van der Waals surface area contributed by atoms with Crippen LogP contribution in [0.3, 0.4) is 0 Å². The van der Waals surface area contributed by atoms with Gasteiger partial charge in [-0.2, -0.15) is 0 Å². The Kier molecular flexibility index (Phi) is 6.57. The number of carbonyl (C=O) groups is 2. The van der Waals surface area contributed by atoms with Gasteiger partial charge in [0.15, 0.2) is 10.4 Å². The Balaban J connectivity index is 2.15. The van der Waals surface area contributed by atoms with Gasteiger partial charge in [0, 0.05) is 20.1 Å². The third-order valence-corrected chi connectivity index (χ3v) is 3.86. The van der Waals surface area contributed by atoms with Crippen molar-refractivity contribution in [3.63, 3.8) is 0 Å². The molecule has 0 aliphatic carbocycles. The third kappa shape index (κ3) is 4.46. The first-order valence-electron chi connectivity index (χ1n) is 7.66. The number of furan rings is 1. The van der Waals surface area contributed by atoms with E-state index < -0.39 is 0 Å². The number of nitrogens with one attached hydrogen (secondary N) is 2. The van der Waals surface area contributed by atoms with Crippen molar-refractivity contribution in [1.82, 2.24) is 10.6 Å². The molecule has 2 aromatic rings. The van der Waals surface area contributed by atoms with Crippen molar-refractivity contribution in [2.75, 3.05) is 31.6 Å². The monoisotopic (exact) mass is 393 g/mol. The predicted molar refractivity (Wildman–Crippen MR) is 96.5 cm³/mol. The molecule has 2 N–H and O–H groups in total. The maximum atomic E-state index is 12.5. The van der Waals surface area contributed by atoms with Crippen LogP contribution >= 0.6 is 15.9 Å². The van der Waals surface area contributed by atoms with E-state index in [9.17, 15) is 9.59 Å². The van der Waals surface area contributed by atoms with E-state index in [1.54, 1.807) is 43.4 Å². The molecule has 2 amide bonds. The van der Waals surface area contributed by atoms with E-state index in [1.165, 1.54) is 4.90 Å². The minimum absolute atomic E-state index is 0.201. The van der Waals surface area contributed by atoms with Crippen LogP contribution in [0.2, 0.25) is 0 Å². The molecule has 0 aliphatic rings. The van der Waals surface area contributed by atoms with Crippen LogP contribution in [0.4, 0.5) is 5.69 Å². The molecule has 0 atom stereocenters. The molecule has 0 spiro atoms. The van der Waals surface area contributed by atoms with Crippen LogP contribution in [0, 0.1) is 0 Å². The van der Waals surface area contributed by atoms with E-state index in [0.717, 1.165) is 6.54 Å². The Bertz CT molecular complexity index is 715. The zero-order valence-corrected chi connectivity index (χ0v) is 15.2. The van der Waals surface area contributed by atoms with Gasteiger partial charge in [-0.15, -0.1) is 0 Å². The maximum absolute atomic E-state index is 12.5. The fraction of sp³-hybridized carbons (Fsp3) is 0.294. The molecule has 1 aromatic carbocycles. The van der Waals surface area contributed by atoms with E-state index in [4.69, 9.17) is 4.42 Å². The van der Waals surface area contributed by atoms with Gasteiger partial charge in [0.1, 0.15) is 0 Å². The average Bonchev–Trinajstić information content (AvgIpc) is 3.03. The van der Waals surface area contributed by atoms with Gasteiger partial charge in [-0.3, -0.25) is 9.59 Å². The van der Waals surface area contributed by atoms with E-state index in [2.05, 4.69) is 26.6 Å². The zero-order valence-electron chi connectivity index (χ0n) is 13.6. The predicted octanol–water partition coefficient (Wildman–Crippen LogP) is 2.66. The number of likely N-dealkylation sites (N-methyl/N-ethyl adjacent to an activating group) is 1. The van der Waals surface area contributed by atoms with Gasteiger partial charge >= 0.3 is 0 Å². The van der Waals surface area contributed by atoms with Crippen LogP contribution in [0.15, 0.2) is 45.5 Å². The van der Waals surface area contributed by atoms with E-state index in [0.29, 0.717) is 29.0 Å². The normalized spacial score (nSPS) is 10.5. The summed E-state index contributed by atoms with van der Waals surface area (Å²) < 4.78 is 5.78. The molecule has 0 fully saturated rings. The van der Waals surface area contributed by atoms with Gasteiger partial charge in [-0.1, -0.05) is 19.1 Å². The lowest BCUT2D eigenvalue weighted by Crippen LogP contribution is -2.34. The molecular formula is C17H20BrN3O3. The van der Waals surface area contributed by atoms with Crippen molar-refractivity contribution in [2.45, 2.75) is 6.92 Å². The molecule has 0 bridgehead atoms. The fourth-order valence-electron chi connectivity index (χ4n) is 2.20. The van der Waals surface area contributed by atoms with Crippen LogP contribution in [-0.4, -0.2) is 38.5 Å². The molecule has 0 saturated carbocycles. The van der Waals surface area contributed by atoms with Gasteiger partial charge in [-0.05, 0) is 46.7 Å². The molecule has 7 heteroatoms. The molecule has 0 saturated heterocycles. The van der Waals surface area contributed by atoms with Crippen molar-refractivity contribution in [3.8, 4) is 0 Å². The van der Waals surface area contributed by atoms with Crippen molar-refractivity contribution in [3.05, 3.63) is 52.4 Å². The number of carbonyl (C=O) groups excluding carboxylic acids is 2. The molecule has 24 heavy (non-hydrogen) atoms. The molecule has 1 aromatic heterocycles. The topological polar surface area (TPSA) is 74.6 Å². The Morgan fingerprint density at radius 1 is 1.17 bits per heavy atom. The van der Waals surface area contributed by atoms with Crippen molar-refractivity contribution in [2.24, 2.45) is 0 Å². The third-order valence-electron chi connectivity index (χ3n) is 3.44. The summed E-state index contributed by atoms with van der Waals surface area (Å²) in [5.74, 6) is -0.343. The Morgan fingerprint density at radius 3 is 2.58 bits per heavy atom. The number of hydrogen-bond donors (Lipinski definition) is 2. The summed E-state index contributed by atoms with van der Waals surface area (Å²) in [6.45, 7) is 4.07. The highest BCUT2D eigenvalue weighted by Gasteiger charge is 2.21. The molecule has 0 aliphatic heterocycles. The van der Waals surface area contributed by atoms with E-state index in [-0.39, 0.29) is 17.6 Å². The van der Waals surface area contributed by atoms with E-state index in [1.807, 2.05) is 6.92 Å². The number of nitrogens with zero attached hydrogens (tertiary/aromatic N) is 1. The Morgan fingerprint density at radius 2 is 1.92 bits per heavy atom. The number of hydrogen-bond acceptors (Lipinski definition) is 4. The molecule has 2 rings (SSSR count). The standard InChI is InChI=1S/C17H20BrN3O3/c1-3-19-10-11-20-16(22)12-6-4-5-7-13(12)21(2)17(23)14-8-9-15(18)24-14/h4-9,19H,3,10-11H2,1-2H3,(H,20,22). The second-order valence-electron chi connectivity index (χ2n) is 5.09. The number of amides is 2. The lowest BCUT2D eigenvalue weighted by Gasteiger charge is -2.19. The number of anilines is 1. The Labute approximate surface area is 149 Å². The van der Waals surface area contributed by atoms with Crippen LogP contribution in [0.25, 0.3) is 0 Å². The van der Waals surface area contributed by atoms with Gasteiger partial charge in [-0.25, -0.2) is 0 Å². The van der Waals surface area contributed by atoms with Crippen LogP contribution in [-0.2, 0) is 0 Å². The lowest BCUT2D eigenvalue weighted by molar-refractivity contribution is 0.0954. The summed E-state index contributed by atoms with van der Waals surface area (Å²) in [5, 5.41) is 5.98. The van der Waals surface area contributed by atoms with Gasteiger partial charge in [0.2, 0.25) is 0 Å². The molecule has 0 unspecified atom stereocenters. The first-order valence-corrected chi connectivity index (χ1v) is 8.45. The summed E-state index contributed by atoms with van der Waals surface area (Å²) in [4.78, 5) is 26.3. The quantitative estimate of drug-likeness (QED) is 0.709. The lowest BCUT2D eigenvalue weighted by atomic mass is 10.1. The second-order valence-corrected chi connectivity index (χ2v) is 5.88. The maximum Gasteiger partial charge on any atom is 0.293 e. The highest BCUT2D eigenvalue weighted by Crippen LogP contribution is 2.23. The van der Waals surface area contributed by atoms with Crippen LogP contribution < -0.4 is 15.5 Å². The minimum Gasteiger partial charge on any atom is -0.444 e. The summed E-state index contributed by atoms with van der Waals surface area (Å²) in [6, 6.07) is 10.2. The van der Waals surface area contributed by atoms with Crippen LogP contribution in [0.1, 0.15) is 27.8 Å². The zero-order chi connectivity index (χ0) is 17.5. The number of rotatable bonds is 7. The van der Waals surface area contributed by atoms with Crippen molar-refractivity contribution >= 4 is 33.4 Å². The highest BCUT2D eigenvalue weighted by molar-refractivity contribution is 9.10. The smallest absolute Gasteiger partial charge is 0.293 e. The molecule has 0 radical (unpaired) electrons. The minimum atomic E-state index is -0.325. The molecule has 1 heterocycles. The summed E-state index contributed by atoms with van der Waals surface area (Å²) in [7, 11) is 1.61. The average molecular weight is 394 g/mol. The van der Waals surface area contributed by atoms with Crippen LogP contribution in [0.5, 0.6) is 0 Å². The van der Waals surface area contributed by atoms with E-state index >= 15 is 0 Å². The first kappa shape index (κ1) is 18.2. The molecule has 128 valence electrons. The van der Waals surface area contributed by atoms with Crippen molar-refractivity contribution in [1.29, 1.82) is 0 Å². The summed E-state index contributed by atoms with van der Waals surface area (Å²) in [5.41, 5.74) is 0.964. The van der Waals surface area contributed by atoms with Gasteiger partial charge in [0.25, 0.3) is 11.8 Å². The summed E-state index contributed by atoms with van der Waals surface area (Å²) >= 11 is 3.18. The van der Waals surface area contributed by atoms with Gasteiger partial charge in [0.05, 0.1) is 11.3 Å². The Hall–Kier alpha value is -2.12. The number of halogens is 1. The number of benzene rings is 1. The fourth-order valence-corrected chi connectivity index (χ4v) is 2.51. The SMILES string of the molecule is CCNCCNC(=O)c1ccccc1N(C)C(=O)c1ccc(Br)o1. The second kappa shape index (κ2) is 8.65. The number of para-hydroxylation sites is 1. The molecular weight excluding hydrogens is 374 g/mol.